The van der Waals surface area contributed by atoms with Gasteiger partial charge in [0, 0.05) is 23.2 Å². The van der Waals surface area contributed by atoms with Gasteiger partial charge in [-0.1, -0.05) is 30.3 Å². The van der Waals surface area contributed by atoms with Gasteiger partial charge in [0.15, 0.2) is 17.3 Å². The zero-order chi connectivity index (χ0) is 21.2. The van der Waals surface area contributed by atoms with E-state index in [1.54, 1.807) is 14.2 Å². The molecule has 4 aromatic rings. The zero-order valence-electron chi connectivity index (χ0n) is 17.4. The summed E-state index contributed by atoms with van der Waals surface area (Å²) < 4.78 is 16.8. The molecule has 0 aliphatic heterocycles. The fourth-order valence-corrected chi connectivity index (χ4v) is 3.87. The molecule has 0 atom stereocenters. The first-order valence-electron chi connectivity index (χ1n) is 10.1. The number of H-pyrrole nitrogens is 1. The van der Waals surface area contributed by atoms with Crippen molar-refractivity contribution in [2.75, 3.05) is 19.5 Å². The molecule has 0 saturated heterocycles. The summed E-state index contributed by atoms with van der Waals surface area (Å²) >= 11 is 0. The summed E-state index contributed by atoms with van der Waals surface area (Å²) in [6, 6.07) is 22.1. The molecule has 1 aliphatic rings. The lowest BCUT2D eigenvalue weighted by Crippen LogP contribution is -1.97. The van der Waals surface area contributed by atoms with Crippen LogP contribution in [0.2, 0.25) is 0 Å². The molecule has 0 saturated carbocycles. The van der Waals surface area contributed by atoms with E-state index in [2.05, 4.69) is 27.6 Å². The van der Waals surface area contributed by atoms with E-state index in [0.717, 1.165) is 51.8 Å². The number of aromatic nitrogens is 2. The van der Waals surface area contributed by atoms with E-state index >= 15 is 0 Å². The Labute approximate surface area is 180 Å². The van der Waals surface area contributed by atoms with E-state index in [1.807, 2.05) is 54.6 Å². The molecule has 1 heterocycles. The van der Waals surface area contributed by atoms with Crippen molar-refractivity contribution < 1.29 is 14.2 Å². The lowest BCUT2D eigenvalue weighted by molar-refractivity contribution is 0.306. The Hall–Kier alpha value is -3.93. The number of fused-ring (bicyclic) bond motifs is 3. The number of rotatable bonds is 7. The van der Waals surface area contributed by atoms with Crippen LogP contribution in [-0.4, -0.2) is 24.4 Å². The predicted molar refractivity (Wildman–Crippen MR) is 120 cm³/mol. The fourth-order valence-electron chi connectivity index (χ4n) is 3.87. The van der Waals surface area contributed by atoms with Crippen molar-refractivity contribution in [1.29, 1.82) is 0 Å². The van der Waals surface area contributed by atoms with Crippen molar-refractivity contribution >= 4 is 11.5 Å². The normalized spacial score (nSPS) is 11.5. The van der Waals surface area contributed by atoms with E-state index in [0.29, 0.717) is 12.4 Å². The molecular weight excluding hydrogens is 390 g/mol. The van der Waals surface area contributed by atoms with Crippen molar-refractivity contribution in [3.8, 4) is 28.5 Å². The second-order valence-corrected chi connectivity index (χ2v) is 7.39. The summed E-state index contributed by atoms with van der Waals surface area (Å²) in [7, 11) is 3.30. The van der Waals surface area contributed by atoms with Crippen LogP contribution in [0.3, 0.4) is 0 Å². The third-order valence-corrected chi connectivity index (χ3v) is 5.48. The molecule has 2 N–H and O–H groups in total. The summed E-state index contributed by atoms with van der Waals surface area (Å²) in [5, 5.41) is 11.1. The highest BCUT2D eigenvalue weighted by Gasteiger charge is 2.26. The molecule has 6 nitrogen and oxygen atoms in total. The standard InChI is InChI=1S/C25H23N3O3/c1-29-22-13-17-12-21-24(20(17)14-23(22)30-2)27-28-25(21)26-18-8-10-19(11-9-18)31-15-16-6-4-3-5-7-16/h3-11,13-14H,12,15H2,1-2H3,(H2,26,27,28). The third kappa shape index (κ3) is 3.68. The minimum atomic E-state index is 0.547. The lowest BCUT2D eigenvalue weighted by atomic mass is 10.1. The maximum absolute atomic E-state index is 5.87. The van der Waals surface area contributed by atoms with Crippen LogP contribution < -0.4 is 19.5 Å². The molecule has 0 spiro atoms. The van der Waals surface area contributed by atoms with Gasteiger partial charge < -0.3 is 19.5 Å². The fraction of sp³-hybridized carbons (Fsp3) is 0.160. The van der Waals surface area contributed by atoms with Crippen molar-refractivity contribution in [1.82, 2.24) is 10.2 Å². The number of hydrogen-bond donors (Lipinski definition) is 2. The van der Waals surface area contributed by atoms with Gasteiger partial charge in [-0.3, -0.25) is 5.10 Å². The van der Waals surface area contributed by atoms with E-state index in [1.165, 1.54) is 5.56 Å². The Morgan fingerprint density at radius 2 is 1.68 bits per heavy atom. The molecule has 0 fully saturated rings. The number of hydrogen-bond acceptors (Lipinski definition) is 5. The number of methoxy groups -OCH3 is 2. The first kappa shape index (κ1) is 19.1. The minimum absolute atomic E-state index is 0.547. The second kappa shape index (κ2) is 8.07. The first-order chi connectivity index (χ1) is 15.2. The average Bonchev–Trinajstić information content (AvgIpc) is 3.37. The van der Waals surface area contributed by atoms with Crippen molar-refractivity contribution in [2.24, 2.45) is 0 Å². The highest BCUT2D eigenvalue weighted by Crippen LogP contribution is 2.44. The number of aromatic amines is 1. The van der Waals surface area contributed by atoms with Gasteiger partial charge in [0.1, 0.15) is 12.4 Å². The summed E-state index contributed by atoms with van der Waals surface area (Å²) in [6.07, 6.45) is 0.780. The van der Waals surface area contributed by atoms with Crippen LogP contribution in [-0.2, 0) is 13.0 Å². The third-order valence-electron chi connectivity index (χ3n) is 5.48. The van der Waals surface area contributed by atoms with Gasteiger partial charge in [-0.15, -0.1) is 0 Å². The van der Waals surface area contributed by atoms with Crippen molar-refractivity contribution in [2.45, 2.75) is 13.0 Å². The van der Waals surface area contributed by atoms with Crippen molar-refractivity contribution in [3.63, 3.8) is 0 Å². The molecule has 31 heavy (non-hydrogen) atoms. The van der Waals surface area contributed by atoms with E-state index < -0.39 is 0 Å². The summed E-state index contributed by atoms with van der Waals surface area (Å²) in [6.45, 7) is 0.547. The smallest absolute Gasteiger partial charge is 0.161 e. The van der Waals surface area contributed by atoms with E-state index in [4.69, 9.17) is 14.2 Å². The maximum atomic E-state index is 5.87. The number of anilines is 2. The van der Waals surface area contributed by atoms with Crippen molar-refractivity contribution in [3.05, 3.63) is 83.4 Å². The molecule has 3 aromatic carbocycles. The predicted octanol–water partition coefficient (Wildman–Crippen LogP) is 5.32. The molecular formula is C25H23N3O3. The molecule has 156 valence electrons. The number of nitrogens with zero attached hydrogens (tertiary/aromatic N) is 1. The van der Waals surface area contributed by atoms with Gasteiger partial charge in [-0.25, -0.2) is 0 Å². The molecule has 0 radical (unpaired) electrons. The van der Waals surface area contributed by atoms with E-state index in [-0.39, 0.29) is 0 Å². The molecule has 5 rings (SSSR count). The monoisotopic (exact) mass is 413 g/mol. The molecule has 0 bridgehead atoms. The van der Waals surface area contributed by atoms with Crippen LogP contribution >= 0.6 is 0 Å². The molecule has 1 aliphatic carbocycles. The Bertz CT molecular complexity index is 1200. The summed E-state index contributed by atoms with van der Waals surface area (Å²) in [5.41, 5.74) is 6.53. The Morgan fingerprint density at radius 1 is 0.935 bits per heavy atom. The quantitative estimate of drug-likeness (QED) is 0.378. The first-order valence-corrected chi connectivity index (χ1v) is 10.1. The van der Waals surface area contributed by atoms with Crippen LogP contribution in [0.1, 0.15) is 16.7 Å². The Kier molecular flexibility index (Phi) is 4.96. The van der Waals surface area contributed by atoms with Crippen LogP contribution in [0, 0.1) is 0 Å². The van der Waals surface area contributed by atoms with Gasteiger partial charge in [-0.2, -0.15) is 5.10 Å². The Morgan fingerprint density at radius 3 is 2.42 bits per heavy atom. The van der Waals surface area contributed by atoms with Gasteiger partial charge >= 0.3 is 0 Å². The minimum Gasteiger partial charge on any atom is -0.493 e. The number of nitrogens with one attached hydrogen (secondary N) is 2. The lowest BCUT2D eigenvalue weighted by Gasteiger charge is -2.10. The van der Waals surface area contributed by atoms with Crippen LogP contribution in [0.15, 0.2) is 66.7 Å². The van der Waals surface area contributed by atoms with Gasteiger partial charge in [0.25, 0.3) is 0 Å². The summed E-state index contributed by atoms with van der Waals surface area (Å²) in [4.78, 5) is 0. The molecule has 1 aromatic heterocycles. The molecule has 0 unspecified atom stereocenters. The van der Waals surface area contributed by atoms with Crippen LogP contribution in [0.25, 0.3) is 11.3 Å². The van der Waals surface area contributed by atoms with Gasteiger partial charge in [0.2, 0.25) is 0 Å². The van der Waals surface area contributed by atoms with E-state index in [9.17, 15) is 0 Å². The highest BCUT2D eigenvalue weighted by atomic mass is 16.5. The van der Waals surface area contributed by atoms with Crippen LogP contribution in [0.5, 0.6) is 17.2 Å². The maximum Gasteiger partial charge on any atom is 0.161 e. The van der Waals surface area contributed by atoms with Crippen LogP contribution in [0.4, 0.5) is 11.5 Å². The van der Waals surface area contributed by atoms with Gasteiger partial charge in [0.05, 0.1) is 19.9 Å². The second-order valence-electron chi connectivity index (χ2n) is 7.39. The molecule has 6 heteroatoms. The zero-order valence-corrected chi connectivity index (χ0v) is 17.4. The molecule has 0 amide bonds. The SMILES string of the molecule is COc1cc2c(cc1OC)-c1[nH]nc(Nc3ccc(OCc4ccccc4)cc3)c1C2. The Balaban J connectivity index is 1.30. The van der Waals surface area contributed by atoms with Gasteiger partial charge in [-0.05, 0) is 47.5 Å². The largest absolute Gasteiger partial charge is 0.493 e. The summed E-state index contributed by atoms with van der Waals surface area (Å²) in [5.74, 6) is 3.10. The number of benzene rings is 3. The number of ether oxygens (including phenoxy) is 3. The topological polar surface area (TPSA) is 68.4 Å². The average molecular weight is 413 g/mol. The highest BCUT2D eigenvalue weighted by molar-refractivity contribution is 5.81.